The van der Waals surface area contributed by atoms with Crippen LogP contribution in [0.1, 0.15) is 18.7 Å². The molecule has 1 amide bonds. The quantitative estimate of drug-likeness (QED) is 0.351. The molecule has 3 heterocycles. The number of aromatic nitrogens is 4. The van der Waals surface area contributed by atoms with Gasteiger partial charge in [0.15, 0.2) is 17.4 Å². The molecule has 1 aliphatic rings. The summed E-state index contributed by atoms with van der Waals surface area (Å²) in [7, 11) is 1.36. The molecule has 0 spiro atoms. The van der Waals surface area contributed by atoms with Gasteiger partial charge >= 0.3 is 12.1 Å². The Morgan fingerprint density at radius 1 is 1.30 bits per heavy atom. The molecular formula is C20H23N5O8. The molecule has 13 heteroatoms. The van der Waals surface area contributed by atoms with Crippen molar-refractivity contribution in [1.29, 1.82) is 0 Å². The molecule has 3 aromatic rings. The largest absolute Gasteiger partial charge is 0.479 e. The number of carbonyl (C=O) groups is 1. The van der Waals surface area contributed by atoms with Crippen LogP contribution in [0.2, 0.25) is 0 Å². The summed E-state index contributed by atoms with van der Waals surface area (Å²) in [6, 6.07) is 8.79. The Kier molecular flexibility index (Phi) is 6.29. The number of hydrogen-bond donors (Lipinski definition) is 4. The van der Waals surface area contributed by atoms with Crippen LogP contribution in [0.15, 0.2) is 36.7 Å². The number of benzene rings is 1. The Morgan fingerprint density at radius 3 is 2.73 bits per heavy atom. The zero-order valence-corrected chi connectivity index (χ0v) is 17.8. The van der Waals surface area contributed by atoms with E-state index >= 15 is 0 Å². The fraction of sp³-hybridized carbons (Fsp3) is 0.400. The summed E-state index contributed by atoms with van der Waals surface area (Å²) in [6.07, 6.45) is -3.05. The number of hydrogen-bond acceptors (Lipinski definition) is 11. The Bertz CT molecular complexity index is 1120. The van der Waals surface area contributed by atoms with Crippen molar-refractivity contribution in [2.75, 3.05) is 13.7 Å². The number of nitrogens with one attached hydrogen (secondary N) is 1. The van der Waals surface area contributed by atoms with Crippen molar-refractivity contribution < 1.29 is 39.2 Å². The monoisotopic (exact) mass is 461 g/mol. The second-order valence-electron chi connectivity index (χ2n) is 7.49. The van der Waals surface area contributed by atoms with E-state index in [-0.39, 0.29) is 29.7 Å². The third-order valence-electron chi connectivity index (χ3n) is 5.19. The van der Waals surface area contributed by atoms with Crippen LogP contribution in [-0.4, -0.2) is 72.5 Å². The minimum absolute atomic E-state index is 0.0325. The summed E-state index contributed by atoms with van der Waals surface area (Å²) in [6.45, 7) is 0.903. The van der Waals surface area contributed by atoms with Gasteiger partial charge in [0, 0.05) is 0 Å². The van der Waals surface area contributed by atoms with E-state index in [1.807, 2.05) is 18.2 Å². The van der Waals surface area contributed by atoms with Crippen LogP contribution in [0.3, 0.4) is 0 Å². The standard InChI is InChI=1S/C20H23N5O8/c1-20(29)14(27)12(8-26)32-17(20)25-10-21-13-15(25)22-18(23-16(13)30-2)33-24-19(28)31-9-11-6-4-3-5-7-11/h3-7,10,12,14,17,26-27,29H,8-9H2,1-2H3,(H,24,28)/t12-,14-,17-,20-/m1/s1. The lowest BCUT2D eigenvalue weighted by atomic mass is 9.96. The van der Waals surface area contributed by atoms with Crippen LogP contribution >= 0.6 is 0 Å². The highest BCUT2D eigenvalue weighted by Crippen LogP contribution is 2.40. The fourth-order valence-electron chi connectivity index (χ4n) is 3.46. The molecule has 0 radical (unpaired) electrons. The van der Waals surface area contributed by atoms with Gasteiger partial charge in [-0.15, -0.1) is 5.48 Å². The number of rotatable bonds is 7. The first kappa shape index (κ1) is 22.7. The SMILES string of the molecule is COc1nc(ONC(=O)OCc2ccccc2)nc2c1ncn2[C@@H]1O[C@H](CO)[C@@H](O)[C@@]1(C)O. The molecule has 13 nitrogen and oxygen atoms in total. The number of methoxy groups -OCH3 is 1. The second kappa shape index (κ2) is 9.15. The highest BCUT2D eigenvalue weighted by molar-refractivity contribution is 5.77. The maximum absolute atomic E-state index is 12.0. The van der Waals surface area contributed by atoms with Crippen molar-refractivity contribution in [3.05, 3.63) is 42.2 Å². The van der Waals surface area contributed by atoms with E-state index in [9.17, 15) is 20.1 Å². The molecule has 176 valence electrons. The predicted octanol–water partition coefficient (Wildman–Crippen LogP) is 0.0567. The first-order valence-corrected chi connectivity index (χ1v) is 9.94. The zero-order chi connectivity index (χ0) is 23.6. The maximum atomic E-state index is 12.0. The van der Waals surface area contributed by atoms with Crippen molar-refractivity contribution in [2.24, 2.45) is 0 Å². The fourth-order valence-corrected chi connectivity index (χ4v) is 3.46. The van der Waals surface area contributed by atoms with Crippen LogP contribution in [0.4, 0.5) is 4.79 Å². The molecule has 4 rings (SSSR count). The number of aliphatic hydroxyl groups is 3. The predicted molar refractivity (Wildman–Crippen MR) is 110 cm³/mol. The summed E-state index contributed by atoms with van der Waals surface area (Å²) in [5.41, 5.74) is 1.46. The van der Waals surface area contributed by atoms with E-state index < -0.39 is 36.7 Å². The topological polar surface area (TPSA) is 170 Å². The summed E-state index contributed by atoms with van der Waals surface area (Å²) in [4.78, 5) is 29.5. The van der Waals surface area contributed by atoms with Crippen molar-refractivity contribution in [3.63, 3.8) is 0 Å². The van der Waals surface area contributed by atoms with Gasteiger partial charge < -0.3 is 34.4 Å². The normalized spacial score (nSPS) is 24.6. The van der Waals surface area contributed by atoms with E-state index in [0.717, 1.165) is 5.56 Å². The molecule has 1 aliphatic heterocycles. The van der Waals surface area contributed by atoms with E-state index in [2.05, 4.69) is 20.4 Å². The minimum atomic E-state index is -1.76. The molecule has 1 saturated heterocycles. The molecule has 4 N–H and O–H groups in total. The lowest BCUT2D eigenvalue weighted by Gasteiger charge is -2.27. The van der Waals surface area contributed by atoms with Crippen molar-refractivity contribution in [1.82, 2.24) is 25.0 Å². The van der Waals surface area contributed by atoms with Gasteiger partial charge in [-0.05, 0) is 12.5 Å². The maximum Gasteiger partial charge on any atom is 0.441 e. The second-order valence-corrected chi connectivity index (χ2v) is 7.49. The van der Waals surface area contributed by atoms with Crippen molar-refractivity contribution in [3.8, 4) is 11.9 Å². The Balaban J connectivity index is 1.53. The number of imidazole rings is 1. The van der Waals surface area contributed by atoms with Gasteiger partial charge in [0.25, 0.3) is 0 Å². The van der Waals surface area contributed by atoms with Gasteiger partial charge in [0.1, 0.15) is 24.4 Å². The smallest absolute Gasteiger partial charge is 0.441 e. The van der Waals surface area contributed by atoms with Crippen molar-refractivity contribution in [2.45, 2.75) is 37.6 Å². The summed E-state index contributed by atoms with van der Waals surface area (Å²) >= 11 is 0. The third-order valence-corrected chi connectivity index (χ3v) is 5.19. The number of nitrogens with zero attached hydrogens (tertiary/aromatic N) is 4. The van der Waals surface area contributed by atoms with E-state index in [4.69, 9.17) is 19.0 Å². The molecule has 2 aromatic heterocycles. The van der Waals surface area contributed by atoms with Crippen LogP contribution in [0.25, 0.3) is 11.2 Å². The van der Waals surface area contributed by atoms with Gasteiger partial charge in [-0.3, -0.25) is 4.57 Å². The average Bonchev–Trinajstić information content (AvgIpc) is 3.34. The molecule has 0 saturated carbocycles. The molecule has 1 fully saturated rings. The molecule has 1 aromatic carbocycles. The van der Waals surface area contributed by atoms with Gasteiger partial charge in [0.05, 0.1) is 20.0 Å². The number of aliphatic hydroxyl groups excluding tert-OH is 2. The number of fused-ring (bicyclic) bond motifs is 1. The minimum Gasteiger partial charge on any atom is -0.479 e. The van der Waals surface area contributed by atoms with Crippen LogP contribution < -0.4 is 15.1 Å². The van der Waals surface area contributed by atoms with Gasteiger partial charge in [-0.2, -0.15) is 9.97 Å². The van der Waals surface area contributed by atoms with Crippen LogP contribution in [0, 0.1) is 0 Å². The van der Waals surface area contributed by atoms with Gasteiger partial charge in [-0.25, -0.2) is 9.78 Å². The van der Waals surface area contributed by atoms with Crippen LogP contribution in [-0.2, 0) is 16.1 Å². The first-order valence-electron chi connectivity index (χ1n) is 9.94. The number of ether oxygens (including phenoxy) is 3. The first-order chi connectivity index (χ1) is 15.8. The molecular weight excluding hydrogens is 438 g/mol. The highest BCUT2D eigenvalue weighted by atomic mass is 16.7. The van der Waals surface area contributed by atoms with E-state index in [1.54, 1.807) is 12.1 Å². The summed E-state index contributed by atoms with van der Waals surface area (Å²) < 4.78 is 17.3. The third kappa shape index (κ3) is 4.39. The molecule has 0 unspecified atom stereocenters. The number of amides is 1. The molecule has 0 bridgehead atoms. The summed E-state index contributed by atoms with van der Waals surface area (Å²) in [5.74, 6) is 0.0325. The van der Waals surface area contributed by atoms with Gasteiger partial charge in [0.2, 0.25) is 5.88 Å². The lowest BCUT2D eigenvalue weighted by Crippen LogP contribution is -2.44. The highest BCUT2D eigenvalue weighted by Gasteiger charge is 2.53. The summed E-state index contributed by atoms with van der Waals surface area (Å²) in [5, 5.41) is 30.5. The number of hydroxylamine groups is 1. The zero-order valence-electron chi connectivity index (χ0n) is 17.8. The van der Waals surface area contributed by atoms with E-state index in [1.165, 1.54) is 24.9 Å². The Hall–Kier alpha value is -3.52. The average molecular weight is 461 g/mol. The van der Waals surface area contributed by atoms with Gasteiger partial charge in [-0.1, -0.05) is 30.3 Å². The lowest BCUT2D eigenvalue weighted by molar-refractivity contribution is -0.0950. The Morgan fingerprint density at radius 2 is 2.06 bits per heavy atom. The molecule has 33 heavy (non-hydrogen) atoms. The van der Waals surface area contributed by atoms with Crippen LogP contribution in [0.5, 0.6) is 11.9 Å². The van der Waals surface area contributed by atoms with Crippen molar-refractivity contribution >= 4 is 17.3 Å². The Labute approximate surface area is 187 Å². The number of carbonyl (C=O) groups excluding carboxylic acids is 1. The molecule has 4 atom stereocenters. The van der Waals surface area contributed by atoms with E-state index in [0.29, 0.717) is 0 Å². The molecule has 0 aliphatic carbocycles.